The van der Waals surface area contributed by atoms with Gasteiger partial charge in [-0.3, -0.25) is 4.79 Å². The standard InChI is InChI=1S/C18H19N3O2S/c1-3-12-7-9-13(10-8-12)20-17(22)15(4-2)24-18-21-16-14(23-18)6-5-11-19-16/h5-11,15H,3-4H2,1-2H3,(H,20,22). The van der Waals surface area contributed by atoms with Crippen molar-refractivity contribution in [2.75, 3.05) is 5.32 Å². The maximum atomic E-state index is 12.5. The minimum atomic E-state index is -0.274. The number of amides is 1. The molecule has 0 saturated carbocycles. The Bertz CT molecular complexity index is 797. The number of benzene rings is 1. The second-order valence-corrected chi connectivity index (χ2v) is 6.51. The van der Waals surface area contributed by atoms with Gasteiger partial charge in [0.25, 0.3) is 5.22 Å². The zero-order valence-electron chi connectivity index (χ0n) is 13.7. The quantitative estimate of drug-likeness (QED) is 0.677. The van der Waals surface area contributed by atoms with Crippen LogP contribution in [0.5, 0.6) is 0 Å². The summed E-state index contributed by atoms with van der Waals surface area (Å²) in [6.45, 7) is 4.07. The van der Waals surface area contributed by atoms with Crippen molar-refractivity contribution in [3.8, 4) is 0 Å². The van der Waals surface area contributed by atoms with Crippen molar-refractivity contribution in [1.82, 2.24) is 9.97 Å². The molecule has 0 saturated heterocycles. The molecule has 0 radical (unpaired) electrons. The summed E-state index contributed by atoms with van der Waals surface area (Å²) in [5, 5.41) is 3.14. The molecule has 124 valence electrons. The number of rotatable bonds is 6. The fraction of sp³-hybridized carbons (Fsp3) is 0.278. The van der Waals surface area contributed by atoms with E-state index < -0.39 is 0 Å². The lowest BCUT2D eigenvalue weighted by atomic mass is 10.1. The monoisotopic (exact) mass is 341 g/mol. The summed E-state index contributed by atoms with van der Waals surface area (Å²) < 4.78 is 5.64. The number of fused-ring (bicyclic) bond motifs is 1. The highest BCUT2D eigenvalue weighted by atomic mass is 32.2. The van der Waals surface area contributed by atoms with Gasteiger partial charge < -0.3 is 9.73 Å². The number of pyridine rings is 1. The third-order valence-corrected chi connectivity index (χ3v) is 4.89. The Morgan fingerprint density at radius 2 is 2.04 bits per heavy atom. The highest BCUT2D eigenvalue weighted by molar-refractivity contribution is 8.00. The van der Waals surface area contributed by atoms with Crippen LogP contribution in [0.15, 0.2) is 52.2 Å². The summed E-state index contributed by atoms with van der Waals surface area (Å²) in [6, 6.07) is 11.5. The first kappa shape index (κ1) is 16.5. The highest BCUT2D eigenvalue weighted by Crippen LogP contribution is 2.28. The molecule has 0 aliphatic rings. The maximum absolute atomic E-state index is 12.5. The molecule has 2 aromatic heterocycles. The second-order valence-electron chi connectivity index (χ2n) is 5.36. The number of nitrogens with one attached hydrogen (secondary N) is 1. The number of anilines is 1. The zero-order chi connectivity index (χ0) is 16.9. The molecule has 2 heterocycles. The Balaban J connectivity index is 1.69. The van der Waals surface area contributed by atoms with E-state index in [1.165, 1.54) is 17.3 Å². The van der Waals surface area contributed by atoms with Crippen LogP contribution in [0.4, 0.5) is 5.69 Å². The maximum Gasteiger partial charge on any atom is 0.259 e. The van der Waals surface area contributed by atoms with Crippen LogP contribution in [0.1, 0.15) is 25.8 Å². The van der Waals surface area contributed by atoms with E-state index in [1.807, 2.05) is 37.3 Å². The van der Waals surface area contributed by atoms with Crippen LogP contribution in [0.25, 0.3) is 11.2 Å². The van der Waals surface area contributed by atoms with Gasteiger partial charge >= 0.3 is 0 Å². The first-order valence-electron chi connectivity index (χ1n) is 7.97. The Kier molecular flexibility index (Phi) is 5.15. The van der Waals surface area contributed by atoms with Gasteiger partial charge in [0.15, 0.2) is 11.2 Å². The van der Waals surface area contributed by atoms with Gasteiger partial charge in [0.05, 0.1) is 5.25 Å². The van der Waals surface area contributed by atoms with Gasteiger partial charge in [-0.05, 0) is 42.7 Å². The minimum absolute atomic E-state index is 0.0537. The summed E-state index contributed by atoms with van der Waals surface area (Å²) in [6.07, 6.45) is 3.33. The molecule has 0 aliphatic carbocycles. The summed E-state index contributed by atoms with van der Waals surface area (Å²) >= 11 is 1.32. The number of carbonyl (C=O) groups is 1. The molecule has 1 unspecified atom stereocenters. The van der Waals surface area contributed by atoms with E-state index in [0.29, 0.717) is 22.9 Å². The largest absolute Gasteiger partial charge is 0.430 e. The van der Waals surface area contributed by atoms with Crippen molar-refractivity contribution in [2.24, 2.45) is 0 Å². The summed E-state index contributed by atoms with van der Waals surface area (Å²) in [7, 11) is 0. The van der Waals surface area contributed by atoms with Gasteiger partial charge in [-0.1, -0.05) is 37.7 Å². The van der Waals surface area contributed by atoms with E-state index in [-0.39, 0.29) is 11.2 Å². The first-order chi connectivity index (χ1) is 11.7. The molecule has 6 heteroatoms. The lowest BCUT2D eigenvalue weighted by Gasteiger charge is -2.13. The van der Waals surface area contributed by atoms with Gasteiger partial charge in [-0.25, -0.2) is 4.98 Å². The van der Waals surface area contributed by atoms with Gasteiger partial charge in [0.1, 0.15) is 0 Å². The highest BCUT2D eigenvalue weighted by Gasteiger charge is 2.21. The number of thioether (sulfide) groups is 1. The molecule has 1 atom stereocenters. The van der Waals surface area contributed by atoms with Crippen LogP contribution in [0.2, 0.25) is 0 Å². The van der Waals surface area contributed by atoms with Crippen molar-refractivity contribution in [2.45, 2.75) is 37.2 Å². The lowest BCUT2D eigenvalue weighted by Crippen LogP contribution is -2.24. The van der Waals surface area contributed by atoms with E-state index >= 15 is 0 Å². The first-order valence-corrected chi connectivity index (χ1v) is 8.85. The molecule has 3 rings (SSSR count). The number of oxazole rings is 1. The van der Waals surface area contributed by atoms with E-state index in [9.17, 15) is 4.79 Å². The fourth-order valence-electron chi connectivity index (χ4n) is 2.29. The van der Waals surface area contributed by atoms with E-state index in [1.54, 1.807) is 12.3 Å². The molecule has 1 N–H and O–H groups in total. The Hall–Kier alpha value is -2.34. The number of hydrogen-bond acceptors (Lipinski definition) is 5. The zero-order valence-corrected chi connectivity index (χ0v) is 14.5. The van der Waals surface area contributed by atoms with Crippen LogP contribution in [0, 0.1) is 0 Å². The van der Waals surface area contributed by atoms with Gasteiger partial charge in [0, 0.05) is 11.9 Å². The van der Waals surface area contributed by atoms with Crippen LogP contribution in [-0.4, -0.2) is 21.1 Å². The van der Waals surface area contributed by atoms with E-state index in [2.05, 4.69) is 22.2 Å². The van der Waals surface area contributed by atoms with Crippen molar-refractivity contribution < 1.29 is 9.21 Å². The van der Waals surface area contributed by atoms with Crippen molar-refractivity contribution in [1.29, 1.82) is 0 Å². The topological polar surface area (TPSA) is 68.0 Å². The number of nitrogens with zero attached hydrogens (tertiary/aromatic N) is 2. The molecule has 0 aliphatic heterocycles. The molecular formula is C18H19N3O2S. The van der Waals surface area contributed by atoms with Gasteiger partial charge in [0.2, 0.25) is 5.91 Å². The van der Waals surface area contributed by atoms with Crippen LogP contribution < -0.4 is 5.32 Å². The molecule has 1 aromatic carbocycles. The minimum Gasteiger partial charge on any atom is -0.430 e. The van der Waals surface area contributed by atoms with Crippen LogP contribution in [-0.2, 0) is 11.2 Å². The predicted octanol–water partition coefficient (Wildman–Crippen LogP) is 4.29. The number of hydrogen-bond donors (Lipinski definition) is 1. The molecule has 5 nitrogen and oxygen atoms in total. The summed E-state index contributed by atoms with van der Waals surface area (Å²) in [5.74, 6) is -0.0537. The second kappa shape index (κ2) is 7.49. The Morgan fingerprint density at radius 3 is 2.71 bits per heavy atom. The number of aryl methyl sites for hydroxylation is 1. The van der Waals surface area contributed by atoms with Crippen LogP contribution in [0.3, 0.4) is 0 Å². The smallest absolute Gasteiger partial charge is 0.259 e. The fourth-order valence-corrected chi connectivity index (χ4v) is 3.14. The van der Waals surface area contributed by atoms with Crippen molar-refractivity contribution in [3.05, 3.63) is 48.2 Å². The molecule has 0 fully saturated rings. The van der Waals surface area contributed by atoms with Gasteiger partial charge in [-0.15, -0.1) is 0 Å². The SMILES string of the molecule is CCc1ccc(NC(=O)C(CC)Sc2nc3ncccc3o2)cc1. The average molecular weight is 341 g/mol. The van der Waals surface area contributed by atoms with Crippen molar-refractivity contribution in [3.63, 3.8) is 0 Å². The lowest BCUT2D eigenvalue weighted by molar-refractivity contribution is -0.115. The molecule has 0 bridgehead atoms. The van der Waals surface area contributed by atoms with Crippen molar-refractivity contribution >= 4 is 34.6 Å². The van der Waals surface area contributed by atoms with Gasteiger partial charge in [-0.2, -0.15) is 4.98 Å². The molecule has 1 amide bonds. The Labute approximate surface area is 144 Å². The third-order valence-electron chi connectivity index (χ3n) is 3.68. The molecule has 24 heavy (non-hydrogen) atoms. The average Bonchev–Trinajstić information content (AvgIpc) is 3.02. The predicted molar refractivity (Wildman–Crippen MR) is 96.2 cm³/mol. The normalized spacial score (nSPS) is 12.2. The molecule has 0 spiro atoms. The summed E-state index contributed by atoms with van der Waals surface area (Å²) in [5.41, 5.74) is 3.24. The van der Waals surface area contributed by atoms with E-state index in [4.69, 9.17) is 4.42 Å². The summed E-state index contributed by atoms with van der Waals surface area (Å²) in [4.78, 5) is 21.0. The Morgan fingerprint density at radius 1 is 1.25 bits per heavy atom. The number of carbonyl (C=O) groups excluding carboxylic acids is 1. The van der Waals surface area contributed by atoms with E-state index in [0.717, 1.165) is 12.1 Å². The van der Waals surface area contributed by atoms with Crippen LogP contribution >= 0.6 is 11.8 Å². The molecular weight excluding hydrogens is 322 g/mol. The third kappa shape index (κ3) is 3.76. The molecule has 3 aromatic rings. The number of aromatic nitrogens is 2.